The molecule has 0 saturated carbocycles. The maximum atomic E-state index is 6.12. The Balaban J connectivity index is 1.39. The third-order valence-electron chi connectivity index (χ3n) is 4.84. The first-order chi connectivity index (χ1) is 13.3. The highest BCUT2D eigenvalue weighted by molar-refractivity contribution is 5.40. The molecular formula is C22H25N3O2. The van der Waals surface area contributed by atoms with Crippen LogP contribution in [-0.2, 0) is 13.1 Å². The molecular weight excluding hydrogens is 338 g/mol. The van der Waals surface area contributed by atoms with Crippen molar-refractivity contribution in [3.8, 4) is 11.5 Å². The molecule has 2 heterocycles. The van der Waals surface area contributed by atoms with Gasteiger partial charge in [0.05, 0.1) is 6.54 Å². The number of fused-ring (bicyclic) bond motifs is 1. The van der Waals surface area contributed by atoms with Gasteiger partial charge < -0.3 is 14.0 Å². The van der Waals surface area contributed by atoms with E-state index in [1.165, 1.54) is 5.56 Å². The molecule has 1 atom stereocenters. The monoisotopic (exact) mass is 363 g/mol. The van der Waals surface area contributed by atoms with Gasteiger partial charge in [-0.25, -0.2) is 4.98 Å². The number of aromatic nitrogens is 2. The van der Waals surface area contributed by atoms with Gasteiger partial charge >= 0.3 is 0 Å². The number of likely N-dealkylation sites (N-methyl/N-ethyl adjacent to an activating group) is 1. The van der Waals surface area contributed by atoms with E-state index in [2.05, 4.69) is 45.6 Å². The first-order valence-corrected chi connectivity index (χ1v) is 9.46. The van der Waals surface area contributed by atoms with E-state index >= 15 is 0 Å². The molecule has 0 aliphatic carbocycles. The average Bonchev–Trinajstić information content (AvgIpc) is 3.14. The van der Waals surface area contributed by atoms with Crippen molar-refractivity contribution in [3.05, 3.63) is 78.4 Å². The van der Waals surface area contributed by atoms with Crippen molar-refractivity contribution in [1.82, 2.24) is 14.5 Å². The zero-order valence-corrected chi connectivity index (χ0v) is 15.6. The third kappa shape index (κ3) is 4.31. The van der Waals surface area contributed by atoms with Crippen LogP contribution in [-0.4, -0.2) is 40.3 Å². The average molecular weight is 363 g/mol. The van der Waals surface area contributed by atoms with Gasteiger partial charge in [0.25, 0.3) is 0 Å². The Bertz CT molecular complexity index is 863. The number of rotatable bonds is 7. The summed E-state index contributed by atoms with van der Waals surface area (Å²) in [4.78, 5) is 6.93. The molecule has 140 valence electrons. The fourth-order valence-corrected chi connectivity index (χ4v) is 3.36. The van der Waals surface area contributed by atoms with Gasteiger partial charge in [0, 0.05) is 25.5 Å². The molecule has 1 aliphatic heterocycles. The molecule has 27 heavy (non-hydrogen) atoms. The minimum atomic E-state index is 0.0254. The van der Waals surface area contributed by atoms with Gasteiger partial charge in [-0.05, 0) is 24.2 Å². The molecule has 5 nitrogen and oxygen atoms in total. The summed E-state index contributed by atoms with van der Waals surface area (Å²) < 4.78 is 14.2. The molecule has 4 rings (SSSR count). The number of nitrogens with zero attached hydrogens (tertiary/aromatic N) is 3. The van der Waals surface area contributed by atoms with Crippen molar-refractivity contribution in [2.75, 3.05) is 19.7 Å². The minimum Gasteiger partial charge on any atom is -0.486 e. The Labute approximate surface area is 160 Å². The highest BCUT2D eigenvalue weighted by Crippen LogP contribution is 2.31. The third-order valence-corrected chi connectivity index (χ3v) is 4.84. The topological polar surface area (TPSA) is 39.5 Å². The van der Waals surface area contributed by atoms with Crippen LogP contribution in [0.3, 0.4) is 0 Å². The van der Waals surface area contributed by atoms with Crippen molar-refractivity contribution < 1.29 is 9.47 Å². The van der Waals surface area contributed by atoms with Crippen LogP contribution in [0.15, 0.2) is 67.0 Å². The first-order valence-electron chi connectivity index (χ1n) is 9.46. The second-order valence-electron chi connectivity index (χ2n) is 6.78. The summed E-state index contributed by atoms with van der Waals surface area (Å²) in [5.41, 5.74) is 1.28. The lowest BCUT2D eigenvalue weighted by atomic mass is 10.2. The molecule has 0 bridgehead atoms. The molecule has 0 fully saturated rings. The van der Waals surface area contributed by atoms with Crippen LogP contribution in [0.5, 0.6) is 11.5 Å². The Hall–Kier alpha value is -2.79. The number of hydrogen-bond acceptors (Lipinski definition) is 4. The molecule has 0 radical (unpaired) electrons. The summed E-state index contributed by atoms with van der Waals surface area (Å²) in [5.74, 6) is 2.73. The van der Waals surface area contributed by atoms with Gasteiger partial charge in [0.2, 0.25) is 0 Å². The fraction of sp³-hybridized carbons (Fsp3) is 0.318. The molecule has 0 N–H and O–H groups in total. The smallest absolute Gasteiger partial charge is 0.161 e. The molecule has 0 amide bonds. The summed E-state index contributed by atoms with van der Waals surface area (Å²) in [7, 11) is 0. The molecule has 1 aromatic heterocycles. The Morgan fingerprint density at radius 1 is 1.07 bits per heavy atom. The lowest BCUT2D eigenvalue weighted by Gasteiger charge is -2.30. The van der Waals surface area contributed by atoms with E-state index in [9.17, 15) is 0 Å². The van der Waals surface area contributed by atoms with E-state index in [0.717, 1.165) is 43.5 Å². The zero-order chi connectivity index (χ0) is 18.5. The molecule has 0 unspecified atom stereocenters. The second-order valence-corrected chi connectivity index (χ2v) is 6.78. The maximum Gasteiger partial charge on any atom is 0.161 e. The lowest BCUT2D eigenvalue weighted by Crippen LogP contribution is -2.41. The van der Waals surface area contributed by atoms with E-state index in [-0.39, 0.29) is 6.10 Å². The van der Waals surface area contributed by atoms with Gasteiger partial charge in [0.1, 0.15) is 18.5 Å². The highest BCUT2D eigenvalue weighted by atomic mass is 16.6. The summed E-state index contributed by atoms with van der Waals surface area (Å²) in [6.07, 6.45) is 3.95. The SMILES string of the molecule is CCN(Cc1nccn1Cc1ccccc1)C[C@@H]1COc2ccccc2O1. The van der Waals surface area contributed by atoms with Crippen molar-refractivity contribution in [2.45, 2.75) is 26.1 Å². The van der Waals surface area contributed by atoms with E-state index < -0.39 is 0 Å². The number of ether oxygens (including phenoxy) is 2. The fourth-order valence-electron chi connectivity index (χ4n) is 3.36. The lowest BCUT2D eigenvalue weighted by molar-refractivity contribution is 0.0571. The van der Waals surface area contributed by atoms with Gasteiger partial charge in [-0.15, -0.1) is 0 Å². The van der Waals surface area contributed by atoms with Crippen LogP contribution < -0.4 is 9.47 Å². The van der Waals surface area contributed by atoms with Crippen LogP contribution in [0.4, 0.5) is 0 Å². The number of para-hydroxylation sites is 2. The number of imidazole rings is 1. The Morgan fingerprint density at radius 3 is 2.67 bits per heavy atom. The van der Waals surface area contributed by atoms with E-state index in [1.54, 1.807) is 0 Å². The normalized spacial score (nSPS) is 15.9. The van der Waals surface area contributed by atoms with Crippen molar-refractivity contribution in [3.63, 3.8) is 0 Å². The molecule has 3 aromatic rings. The Kier molecular flexibility index (Phi) is 5.39. The summed E-state index contributed by atoms with van der Waals surface area (Å²) in [6.45, 7) is 6.11. The zero-order valence-electron chi connectivity index (χ0n) is 15.6. The van der Waals surface area contributed by atoms with Crippen molar-refractivity contribution in [2.24, 2.45) is 0 Å². The highest BCUT2D eigenvalue weighted by Gasteiger charge is 2.23. The van der Waals surface area contributed by atoms with E-state index in [4.69, 9.17) is 9.47 Å². The molecule has 0 spiro atoms. The van der Waals surface area contributed by atoms with Gasteiger partial charge in [0.15, 0.2) is 11.5 Å². The first kappa shape index (κ1) is 17.6. The van der Waals surface area contributed by atoms with Crippen LogP contribution in [0, 0.1) is 0 Å². The van der Waals surface area contributed by atoms with Crippen molar-refractivity contribution in [1.29, 1.82) is 0 Å². The predicted octanol–water partition coefficient (Wildman–Crippen LogP) is 3.59. The van der Waals surface area contributed by atoms with Crippen LogP contribution in [0.2, 0.25) is 0 Å². The Morgan fingerprint density at radius 2 is 1.85 bits per heavy atom. The molecule has 2 aromatic carbocycles. The van der Waals surface area contributed by atoms with Crippen LogP contribution >= 0.6 is 0 Å². The second kappa shape index (κ2) is 8.27. The largest absolute Gasteiger partial charge is 0.486 e. The van der Waals surface area contributed by atoms with Gasteiger partial charge in [-0.3, -0.25) is 4.90 Å². The predicted molar refractivity (Wildman–Crippen MR) is 105 cm³/mol. The summed E-state index contributed by atoms with van der Waals surface area (Å²) in [5, 5.41) is 0. The quantitative estimate of drug-likeness (QED) is 0.643. The van der Waals surface area contributed by atoms with Gasteiger partial charge in [-0.2, -0.15) is 0 Å². The standard InChI is InChI=1S/C22H25N3O2/c1-2-24(15-19-17-26-20-10-6-7-11-21(20)27-19)16-22-23-12-13-25(22)14-18-8-4-3-5-9-18/h3-13,19H,2,14-17H2,1H3/t19-/m1/s1. The molecule has 1 aliphatic rings. The summed E-state index contributed by atoms with van der Waals surface area (Å²) in [6, 6.07) is 18.3. The van der Waals surface area contributed by atoms with Crippen molar-refractivity contribution >= 4 is 0 Å². The number of benzene rings is 2. The number of hydrogen-bond donors (Lipinski definition) is 0. The molecule has 5 heteroatoms. The summed E-state index contributed by atoms with van der Waals surface area (Å²) >= 11 is 0. The minimum absolute atomic E-state index is 0.0254. The molecule has 0 saturated heterocycles. The van der Waals surface area contributed by atoms with Gasteiger partial charge in [-0.1, -0.05) is 49.4 Å². The van der Waals surface area contributed by atoms with E-state index in [1.807, 2.05) is 42.7 Å². The van der Waals surface area contributed by atoms with Crippen LogP contribution in [0.1, 0.15) is 18.3 Å². The maximum absolute atomic E-state index is 6.12. The van der Waals surface area contributed by atoms with Crippen LogP contribution in [0.25, 0.3) is 0 Å². The van der Waals surface area contributed by atoms with E-state index in [0.29, 0.717) is 6.61 Å².